The molecule has 17 heavy (non-hydrogen) atoms. The predicted molar refractivity (Wildman–Crippen MR) is 67.8 cm³/mol. The largest absolute Gasteiger partial charge is 0.481 e. The summed E-state index contributed by atoms with van der Waals surface area (Å²) in [6.45, 7) is 2.44. The lowest BCUT2D eigenvalue weighted by atomic mass is 9.90. The molecule has 1 rings (SSSR count). The number of carboxylic acid groups (broad SMARTS) is 1. The van der Waals surface area contributed by atoms with Crippen molar-refractivity contribution in [3.8, 4) is 0 Å². The maximum absolute atomic E-state index is 10.4. The Morgan fingerprint density at radius 1 is 1.35 bits per heavy atom. The van der Waals surface area contributed by atoms with Crippen molar-refractivity contribution >= 4 is 5.97 Å². The molecule has 0 bridgehead atoms. The summed E-state index contributed by atoms with van der Waals surface area (Å²) < 4.78 is 0. The molecule has 1 aliphatic rings. The first-order chi connectivity index (χ1) is 8.13. The molecule has 0 aromatic heterocycles. The summed E-state index contributed by atoms with van der Waals surface area (Å²) in [6, 6.07) is 0. The van der Waals surface area contributed by atoms with Crippen LogP contribution in [0.5, 0.6) is 0 Å². The van der Waals surface area contributed by atoms with E-state index in [4.69, 9.17) is 5.11 Å². The second kappa shape index (κ2) is 7.49. The third kappa shape index (κ3) is 5.35. The summed E-state index contributed by atoms with van der Waals surface area (Å²) in [7, 11) is 0. The smallest absolute Gasteiger partial charge is 0.303 e. The highest BCUT2D eigenvalue weighted by Crippen LogP contribution is 2.35. The summed E-state index contributed by atoms with van der Waals surface area (Å²) in [4.78, 5) is 10.4. The molecule has 1 fully saturated rings. The Labute approximate surface area is 104 Å². The first-order valence-corrected chi connectivity index (χ1v) is 6.61. The highest BCUT2D eigenvalue weighted by Gasteiger charge is 2.26. The number of allylic oxidation sites excluding steroid dienone is 2. The van der Waals surface area contributed by atoms with Crippen molar-refractivity contribution < 1.29 is 15.0 Å². The summed E-state index contributed by atoms with van der Waals surface area (Å²) in [6.07, 6.45) is 8.69. The molecule has 0 saturated heterocycles. The number of aliphatic hydroxyl groups is 1. The highest BCUT2D eigenvalue weighted by atomic mass is 16.4. The fraction of sp³-hybridized carbons (Fsp3) is 0.786. The van der Waals surface area contributed by atoms with Gasteiger partial charge in [-0.15, -0.1) is 0 Å². The normalized spacial score (nSPS) is 25.2. The standard InChI is InChI=1S/C14H24O3/c1-11(5-2-3-8-14(16)17)9-12-6-4-7-13(12)10-15/h5,12-13,15H,2-4,6-10H2,1H3,(H,16,17)/b11-5-/t12-,13?/m1/s1. The van der Waals surface area contributed by atoms with Crippen molar-refractivity contribution in [3.63, 3.8) is 0 Å². The van der Waals surface area contributed by atoms with Crippen LogP contribution in [0.3, 0.4) is 0 Å². The molecule has 1 saturated carbocycles. The molecule has 0 aliphatic heterocycles. The van der Waals surface area contributed by atoms with Crippen LogP contribution in [0.4, 0.5) is 0 Å². The second-order valence-electron chi connectivity index (χ2n) is 5.17. The van der Waals surface area contributed by atoms with E-state index in [1.807, 2.05) is 0 Å². The van der Waals surface area contributed by atoms with Crippen LogP contribution in [0.15, 0.2) is 11.6 Å². The maximum Gasteiger partial charge on any atom is 0.303 e. The van der Waals surface area contributed by atoms with Crippen molar-refractivity contribution in [1.82, 2.24) is 0 Å². The van der Waals surface area contributed by atoms with E-state index in [9.17, 15) is 9.90 Å². The number of unbranched alkanes of at least 4 members (excludes halogenated alkanes) is 1. The van der Waals surface area contributed by atoms with E-state index >= 15 is 0 Å². The van der Waals surface area contributed by atoms with Gasteiger partial charge in [0.15, 0.2) is 0 Å². The zero-order valence-electron chi connectivity index (χ0n) is 10.7. The number of rotatable bonds is 7. The zero-order chi connectivity index (χ0) is 12.7. The first-order valence-electron chi connectivity index (χ1n) is 6.61. The van der Waals surface area contributed by atoms with Crippen LogP contribution >= 0.6 is 0 Å². The van der Waals surface area contributed by atoms with Gasteiger partial charge in [0.25, 0.3) is 0 Å². The highest BCUT2D eigenvalue weighted by molar-refractivity contribution is 5.66. The van der Waals surface area contributed by atoms with Gasteiger partial charge in [0.05, 0.1) is 0 Å². The van der Waals surface area contributed by atoms with E-state index in [0.717, 1.165) is 25.7 Å². The minimum absolute atomic E-state index is 0.256. The van der Waals surface area contributed by atoms with Crippen molar-refractivity contribution in [2.75, 3.05) is 6.61 Å². The lowest BCUT2D eigenvalue weighted by molar-refractivity contribution is -0.137. The van der Waals surface area contributed by atoms with Gasteiger partial charge < -0.3 is 10.2 Å². The van der Waals surface area contributed by atoms with Gasteiger partial charge in [-0.3, -0.25) is 4.79 Å². The molecule has 0 heterocycles. The molecular formula is C14H24O3. The van der Waals surface area contributed by atoms with Crippen LogP contribution in [-0.4, -0.2) is 22.8 Å². The molecule has 2 N–H and O–H groups in total. The van der Waals surface area contributed by atoms with E-state index in [0.29, 0.717) is 18.4 Å². The number of aliphatic hydroxyl groups excluding tert-OH is 1. The molecule has 0 spiro atoms. The van der Waals surface area contributed by atoms with E-state index in [1.54, 1.807) is 0 Å². The SMILES string of the molecule is C/C(=C/CCCC(=O)O)C[C@H]1CCCC1CO. The van der Waals surface area contributed by atoms with Crippen LogP contribution in [-0.2, 0) is 4.79 Å². The Morgan fingerprint density at radius 3 is 2.71 bits per heavy atom. The summed E-state index contributed by atoms with van der Waals surface area (Å²) in [5.74, 6) is 0.403. The van der Waals surface area contributed by atoms with Crippen molar-refractivity contribution in [2.45, 2.75) is 51.9 Å². The molecule has 2 atom stereocenters. The van der Waals surface area contributed by atoms with E-state index < -0.39 is 5.97 Å². The molecule has 0 aromatic rings. The third-order valence-electron chi connectivity index (χ3n) is 3.72. The summed E-state index contributed by atoms with van der Waals surface area (Å²) >= 11 is 0. The fourth-order valence-electron chi connectivity index (χ4n) is 2.72. The molecule has 3 heteroatoms. The Kier molecular flexibility index (Phi) is 6.27. The van der Waals surface area contributed by atoms with E-state index in [2.05, 4.69) is 13.0 Å². The molecule has 1 aliphatic carbocycles. The number of hydrogen-bond donors (Lipinski definition) is 2. The van der Waals surface area contributed by atoms with Gasteiger partial charge in [-0.1, -0.05) is 18.1 Å². The van der Waals surface area contributed by atoms with Crippen LogP contribution in [0.2, 0.25) is 0 Å². The monoisotopic (exact) mass is 240 g/mol. The topological polar surface area (TPSA) is 57.5 Å². The lowest BCUT2D eigenvalue weighted by Crippen LogP contribution is -2.12. The Hall–Kier alpha value is -0.830. The summed E-state index contributed by atoms with van der Waals surface area (Å²) in [5.41, 5.74) is 1.35. The molecule has 3 nitrogen and oxygen atoms in total. The zero-order valence-corrected chi connectivity index (χ0v) is 10.7. The van der Waals surface area contributed by atoms with Crippen LogP contribution in [0, 0.1) is 11.8 Å². The fourth-order valence-corrected chi connectivity index (χ4v) is 2.72. The van der Waals surface area contributed by atoms with E-state index in [-0.39, 0.29) is 6.42 Å². The molecule has 0 radical (unpaired) electrons. The Balaban J connectivity index is 2.25. The predicted octanol–water partition coefficient (Wildman–Crippen LogP) is 2.99. The number of hydrogen-bond acceptors (Lipinski definition) is 2. The molecule has 0 aromatic carbocycles. The third-order valence-corrected chi connectivity index (χ3v) is 3.72. The van der Waals surface area contributed by atoms with Gasteiger partial charge in [-0.2, -0.15) is 0 Å². The van der Waals surface area contributed by atoms with Gasteiger partial charge >= 0.3 is 5.97 Å². The minimum atomic E-state index is -0.716. The lowest BCUT2D eigenvalue weighted by Gasteiger charge is -2.17. The average Bonchev–Trinajstić information content (AvgIpc) is 2.71. The number of aliphatic carboxylic acids is 1. The van der Waals surface area contributed by atoms with Gasteiger partial charge in [0, 0.05) is 13.0 Å². The maximum atomic E-state index is 10.4. The summed E-state index contributed by atoms with van der Waals surface area (Å²) in [5, 5.41) is 17.8. The van der Waals surface area contributed by atoms with Gasteiger partial charge in [-0.25, -0.2) is 0 Å². The van der Waals surface area contributed by atoms with E-state index in [1.165, 1.54) is 18.4 Å². The van der Waals surface area contributed by atoms with Crippen molar-refractivity contribution in [1.29, 1.82) is 0 Å². The van der Waals surface area contributed by atoms with Gasteiger partial charge in [0.2, 0.25) is 0 Å². The van der Waals surface area contributed by atoms with Crippen LogP contribution < -0.4 is 0 Å². The van der Waals surface area contributed by atoms with Crippen molar-refractivity contribution in [2.24, 2.45) is 11.8 Å². The van der Waals surface area contributed by atoms with Gasteiger partial charge in [-0.05, 0) is 50.9 Å². The second-order valence-corrected chi connectivity index (χ2v) is 5.17. The Morgan fingerprint density at radius 2 is 2.06 bits per heavy atom. The first kappa shape index (κ1) is 14.2. The number of carboxylic acids is 1. The molecule has 1 unspecified atom stereocenters. The minimum Gasteiger partial charge on any atom is -0.481 e. The Bertz CT molecular complexity index is 271. The van der Waals surface area contributed by atoms with Crippen LogP contribution in [0.25, 0.3) is 0 Å². The average molecular weight is 240 g/mol. The van der Waals surface area contributed by atoms with Crippen LogP contribution in [0.1, 0.15) is 51.9 Å². The number of carbonyl (C=O) groups is 1. The van der Waals surface area contributed by atoms with Gasteiger partial charge in [0.1, 0.15) is 0 Å². The van der Waals surface area contributed by atoms with Crippen molar-refractivity contribution in [3.05, 3.63) is 11.6 Å². The molecular weight excluding hydrogens is 216 g/mol. The molecule has 0 amide bonds. The molecule has 98 valence electrons. The quantitative estimate of drug-likeness (QED) is 0.531.